The number of H-pyrrole nitrogens is 1. The van der Waals surface area contributed by atoms with Gasteiger partial charge in [0, 0.05) is 12.5 Å². The number of benzene rings is 1. The van der Waals surface area contributed by atoms with Gasteiger partial charge in [-0.15, -0.1) is 0 Å². The average Bonchev–Trinajstić information content (AvgIpc) is 2.96. The van der Waals surface area contributed by atoms with Gasteiger partial charge < -0.3 is 10.3 Å². The number of aryl methyl sites for hydroxylation is 1. The molecule has 1 aliphatic heterocycles. The molecular weight excluding hydrogens is 312 g/mol. The summed E-state index contributed by atoms with van der Waals surface area (Å²) in [5, 5.41) is 3.10. The van der Waals surface area contributed by atoms with Gasteiger partial charge in [-0.1, -0.05) is 19.9 Å². The highest BCUT2D eigenvalue weighted by molar-refractivity contribution is 5.78. The molecule has 0 radical (unpaired) electrons. The Hall–Kier alpha value is -1.88. The van der Waals surface area contributed by atoms with Crippen LogP contribution in [0.2, 0.25) is 0 Å². The number of nitrogens with zero attached hydrogens (tertiary/aromatic N) is 2. The monoisotopic (exact) mass is 342 g/mol. The molecule has 1 aliphatic rings. The molecule has 0 bridgehead atoms. The number of fused-ring (bicyclic) bond motifs is 1. The van der Waals surface area contributed by atoms with Gasteiger partial charge in [-0.2, -0.15) is 0 Å². The Balaban J connectivity index is 1.47. The van der Waals surface area contributed by atoms with Crippen LogP contribution in [-0.4, -0.2) is 40.4 Å². The summed E-state index contributed by atoms with van der Waals surface area (Å²) in [6.07, 6.45) is 2.93. The van der Waals surface area contributed by atoms with E-state index in [0.717, 1.165) is 62.3 Å². The lowest BCUT2D eigenvalue weighted by molar-refractivity contribution is -0.126. The first-order valence-electron chi connectivity index (χ1n) is 9.46. The summed E-state index contributed by atoms with van der Waals surface area (Å²) in [4.78, 5) is 22.7. The number of aromatic amines is 1. The average molecular weight is 342 g/mol. The quantitative estimate of drug-likeness (QED) is 0.847. The summed E-state index contributed by atoms with van der Waals surface area (Å²) in [5.74, 6) is 2.05. The third kappa shape index (κ3) is 4.82. The number of piperidine rings is 1. The summed E-state index contributed by atoms with van der Waals surface area (Å²) in [6.45, 7) is 10.0. The Kier molecular flexibility index (Phi) is 5.74. The molecule has 1 aromatic heterocycles. The topological polar surface area (TPSA) is 61.0 Å². The van der Waals surface area contributed by atoms with Gasteiger partial charge in [-0.05, 0) is 62.9 Å². The molecule has 2 aromatic rings. The number of hydrogen-bond donors (Lipinski definition) is 2. The van der Waals surface area contributed by atoms with Crippen LogP contribution in [0.15, 0.2) is 18.2 Å². The van der Waals surface area contributed by atoms with Crippen LogP contribution in [0.5, 0.6) is 0 Å². The summed E-state index contributed by atoms with van der Waals surface area (Å²) in [6, 6.07) is 6.30. The number of carbonyl (C=O) groups excluding carboxylic acids is 1. The van der Waals surface area contributed by atoms with Crippen LogP contribution < -0.4 is 5.32 Å². The van der Waals surface area contributed by atoms with E-state index in [1.165, 1.54) is 5.56 Å². The molecule has 0 aliphatic carbocycles. The van der Waals surface area contributed by atoms with E-state index in [1.807, 2.05) is 0 Å². The lowest BCUT2D eigenvalue weighted by Gasteiger charge is -2.30. The molecule has 0 atom stereocenters. The molecule has 2 N–H and O–H groups in total. The maximum atomic E-state index is 12.2. The zero-order chi connectivity index (χ0) is 17.8. The van der Waals surface area contributed by atoms with Crippen LogP contribution in [-0.2, 0) is 11.3 Å². The first-order chi connectivity index (χ1) is 12.0. The van der Waals surface area contributed by atoms with Gasteiger partial charge in [0.15, 0.2) is 0 Å². The van der Waals surface area contributed by atoms with E-state index in [4.69, 9.17) is 0 Å². The molecule has 5 nitrogen and oxygen atoms in total. The van der Waals surface area contributed by atoms with Crippen molar-refractivity contribution in [2.45, 2.75) is 46.6 Å². The Morgan fingerprint density at radius 1 is 1.36 bits per heavy atom. The van der Waals surface area contributed by atoms with E-state index in [1.54, 1.807) is 0 Å². The SMILES string of the molecule is Cc1ccc2nc(CN3CCC(C(=O)NCCC(C)C)CC3)[nH]c2c1. The molecule has 5 heteroatoms. The van der Waals surface area contributed by atoms with Crippen molar-refractivity contribution in [3.63, 3.8) is 0 Å². The Morgan fingerprint density at radius 3 is 2.84 bits per heavy atom. The normalized spacial score (nSPS) is 16.6. The van der Waals surface area contributed by atoms with E-state index >= 15 is 0 Å². The van der Waals surface area contributed by atoms with E-state index in [9.17, 15) is 4.79 Å². The van der Waals surface area contributed by atoms with Gasteiger partial charge in [0.25, 0.3) is 0 Å². The minimum atomic E-state index is 0.168. The molecular formula is C20H30N4O. The van der Waals surface area contributed by atoms with Crippen molar-refractivity contribution in [3.05, 3.63) is 29.6 Å². The fourth-order valence-electron chi connectivity index (χ4n) is 3.44. The molecule has 2 heterocycles. The second kappa shape index (κ2) is 8.00. The van der Waals surface area contributed by atoms with Crippen molar-refractivity contribution in [2.75, 3.05) is 19.6 Å². The first-order valence-corrected chi connectivity index (χ1v) is 9.46. The summed E-state index contributed by atoms with van der Waals surface area (Å²) in [5.41, 5.74) is 3.38. The summed E-state index contributed by atoms with van der Waals surface area (Å²) >= 11 is 0. The number of amides is 1. The minimum Gasteiger partial charge on any atom is -0.356 e. The van der Waals surface area contributed by atoms with Gasteiger partial charge in [0.05, 0.1) is 17.6 Å². The summed E-state index contributed by atoms with van der Waals surface area (Å²) in [7, 11) is 0. The van der Waals surface area contributed by atoms with Crippen molar-refractivity contribution >= 4 is 16.9 Å². The smallest absolute Gasteiger partial charge is 0.223 e. The number of likely N-dealkylation sites (tertiary alicyclic amines) is 1. The van der Waals surface area contributed by atoms with Crippen molar-refractivity contribution < 1.29 is 4.79 Å². The molecule has 1 amide bonds. The lowest BCUT2D eigenvalue weighted by atomic mass is 9.96. The highest BCUT2D eigenvalue weighted by Gasteiger charge is 2.25. The van der Waals surface area contributed by atoms with Crippen LogP contribution in [0.25, 0.3) is 11.0 Å². The fourth-order valence-corrected chi connectivity index (χ4v) is 3.44. The third-order valence-electron chi connectivity index (χ3n) is 5.04. The lowest BCUT2D eigenvalue weighted by Crippen LogP contribution is -2.40. The molecule has 3 rings (SSSR count). The number of nitrogens with one attached hydrogen (secondary N) is 2. The zero-order valence-electron chi connectivity index (χ0n) is 15.6. The Labute approximate surface area is 150 Å². The Bertz CT molecular complexity index is 714. The van der Waals surface area contributed by atoms with E-state index < -0.39 is 0 Å². The van der Waals surface area contributed by atoms with E-state index in [-0.39, 0.29) is 11.8 Å². The molecule has 1 aromatic carbocycles. The maximum Gasteiger partial charge on any atom is 0.223 e. The number of carbonyl (C=O) groups is 1. The molecule has 25 heavy (non-hydrogen) atoms. The predicted molar refractivity (Wildman–Crippen MR) is 101 cm³/mol. The second-order valence-corrected chi connectivity index (χ2v) is 7.73. The van der Waals surface area contributed by atoms with Crippen molar-refractivity contribution in [1.82, 2.24) is 20.2 Å². The minimum absolute atomic E-state index is 0.168. The first kappa shape index (κ1) is 17.9. The third-order valence-corrected chi connectivity index (χ3v) is 5.04. The van der Waals surface area contributed by atoms with E-state index in [2.05, 4.69) is 59.2 Å². The maximum absolute atomic E-state index is 12.2. The number of imidazole rings is 1. The van der Waals surface area contributed by atoms with Gasteiger partial charge in [0.2, 0.25) is 5.91 Å². The van der Waals surface area contributed by atoms with Crippen LogP contribution in [0.1, 0.15) is 44.5 Å². The zero-order valence-corrected chi connectivity index (χ0v) is 15.6. The van der Waals surface area contributed by atoms with Crippen LogP contribution in [0, 0.1) is 18.8 Å². The largest absolute Gasteiger partial charge is 0.356 e. The predicted octanol–water partition coefficient (Wildman–Crippen LogP) is 3.25. The Morgan fingerprint density at radius 2 is 2.12 bits per heavy atom. The van der Waals surface area contributed by atoms with Gasteiger partial charge >= 0.3 is 0 Å². The molecule has 0 unspecified atom stereocenters. The summed E-state index contributed by atoms with van der Waals surface area (Å²) < 4.78 is 0. The van der Waals surface area contributed by atoms with Crippen molar-refractivity contribution in [3.8, 4) is 0 Å². The molecule has 1 saturated heterocycles. The molecule has 0 saturated carbocycles. The second-order valence-electron chi connectivity index (χ2n) is 7.73. The highest BCUT2D eigenvalue weighted by Crippen LogP contribution is 2.20. The fraction of sp³-hybridized carbons (Fsp3) is 0.600. The molecule has 0 spiro atoms. The van der Waals surface area contributed by atoms with Gasteiger partial charge in [-0.25, -0.2) is 4.98 Å². The van der Waals surface area contributed by atoms with Crippen LogP contribution >= 0.6 is 0 Å². The standard InChI is InChI=1S/C20H30N4O/c1-14(2)6-9-21-20(25)16-7-10-24(11-8-16)13-19-22-17-5-4-15(3)12-18(17)23-19/h4-5,12,14,16H,6-11,13H2,1-3H3,(H,21,25)(H,22,23). The van der Waals surface area contributed by atoms with Crippen LogP contribution in [0.3, 0.4) is 0 Å². The van der Waals surface area contributed by atoms with E-state index in [0.29, 0.717) is 5.92 Å². The van der Waals surface area contributed by atoms with Crippen LogP contribution in [0.4, 0.5) is 0 Å². The molecule has 1 fully saturated rings. The van der Waals surface area contributed by atoms with Gasteiger partial charge in [0.1, 0.15) is 5.82 Å². The van der Waals surface area contributed by atoms with Gasteiger partial charge in [-0.3, -0.25) is 9.69 Å². The number of aromatic nitrogens is 2. The number of rotatable bonds is 6. The van der Waals surface area contributed by atoms with Crippen molar-refractivity contribution in [1.29, 1.82) is 0 Å². The highest BCUT2D eigenvalue weighted by atomic mass is 16.1. The molecule has 136 valence electrons. The number of hydrogen-bond acceptors (Lipinski definition) is 3. The van der Waals surface area contributed by atoms with Crippen molar-refractivity contribution in [2.24, 2.45) is 11.8 Å².